The van der Waals surface area contributed by atoms with Gasteiger partial charge in [0.1, 0.15) is 6.04 Å². The van der Waals surface area contributed by atoms with Gasteiger partial charge in [0, 0.05) is 31.2 Å². The van der Waals surface area contributed by atoms with Gasteiger partial charge in [0.15, 0.2) is 0 Å². The highest BCUT2D eigenvalue weighted by Gasteiger charge is 2.35. The summed E-state index contributed by atoms with van der Waals surface area (Å²) < 4.78 is 0. The first-order valence-electron chi connectivity index (χ1n) is 8.99. The largest absolute Gasteiger partial charge is 0.359 e. The van der Waals surface area contributed by atoms with Crippen molar-refractivity contribution in [2.24, 2.45) is 0 Å². The van der Waals surface area contributed by atoms with Crippen molar-refractivity contribution in [2.45, 2.75) is 33.2 Å². The van der Waals surface area contributed by atoms with Gasteiger partial charge < -0.3 is 15.5 Å². The number of fused-ring (bicyclic) bond motifs is 1. The molecule has 1 atom stereocenters. The summed E-state index contributed by atoms with van der Waals surface area (Å²) in [5.41, 5.74) is 4.08. The lowest BCUT2D eigenvalue weighted by atomic mass is 9.99. The van der Waals surface area contributed by atoms with Gasteiger partial charge in [-0.15, -0.1) is 0 Å². The molecule has 142 valence electrons. The predicted molar refractivity (Wildman–Crippen MR) is 102 cm³/mol. The van der Waals surface area contributed by atoms with Crippen LogP contribution in [-0.2, 0) is 9.59 Å². The third kappa shape index (κ3) is 3.63. The van der Waals surface area contributed by atoms with Crippen molar-refractivity contribution >= 4 is 28.6 Å². The van der Waals surface area contributed by atoms with E-state index < -0.39 is 6.04 Å². The molecule has 7 nitrogen and oxygen atoms in total. The first-order valence-corrected chi connectivity index (χ1v) is 8.99. The van der Waals surface area contributed by atoms with Crippen LogP contribution in [-0.4, -0.2) is 53.8 Å². The highest BCUT2D eigenvalue weighted by Crippen LogP contribution is 2.26. The minimum Gasteiger partial charge on any atom is -0.359 e. The lowest BCUT2D eigenvalue weighted by Gasteiger charge is -2.35. The second kappa shape index (κ2) is 7.34. The number of rotatable bonds is 3. The highest BCUT2D eigenvalue weighted by molar-refractivity contribution is 6.08. The molecule has 2 aromatic rings. The molecule has 3 rings (SSSR count). The number of carbonyl (C=O) groups excluding carboxylic acids is 3. The monoisotopic (exact) mass is 368 g/mol. The molecular formula is C20H24N4O3. The fourth-order valence-corrected chi connectivity index (χ4v) is 3.58. The molecular weight excluding hydrogens is 344 g/mol. The third-order valence-electron chi connectivity index (χ3n) is 4.86. The van der Waals surface area contributed by atoms with Crippen LogP contribution in [0.3, 0.4) is 0 Å². The van der Waals surface area contributed by atoms with Gasteiger partial charge in [0.2, 0.25) is 11.8 Å². The molecule has 0 aliphatic carbocycles. The van der Waals surface area contributed by atoms with Gasteiger partial charge in [-0.1, -0.05) is 11.6 Å². The van der Waals surface area contributed by atoms with Crippen LogP contribution in [0, 0.1) is 20.8 Å². The molecule has 3 amide bonds. The Bertz CT molecular complexity index is 938. The van der Waals surface area contributed by atoms with Gasteiger partial charge in [0.25, 0.3) is 5.91 Å². The lowest BCUT2D eigenvalue weighted by Crippen LogP contribution is -2.58. The first kappa shape index (κ1) is 18.8. The van der Waals surface area contributed by atoms with Gasteiger partial charge in [-0.25, -0.2) is 0 Å². The van der Waals surface area contributed by atoms with E-state index in [1.807, 2.05) is 32.9 Å². The molecule has 1 aromatic heterocycles. The maximum atomic E-state index is 13.4. The fraction of sp³-hybridized carbons (Fsp3) is 0.400. The minimum atomic E-state index is -0.819. The van der Waals surface area contributed by atoms with Crippen LogP contribution in [0.15, 0.2) is 18.2 Å². The van der Waals surface area contributed by atoms with Gasteiger partial charge in [-0.2, -0.15) is 0 Å². The standard InChI is InChI=1S/C20H24N4O3/c1-11-7-12(2)18-14(8-11)15(9-13(3)23-18)20(27)24-6-5-22-19(26)16(24)10-17(25)21-4/h7-9,16H,5-6,10H2,1-4H3,(H,21,25)(H,22,26)/t16-/m1/s1. The van der Waals surface area contributed by atoms with E-state index in [4.69, 9.17) is 0 Å². The zero-order valence-corrected chi connectivity index (χ0v) is 16.0. The Kier molecular flexibility index (Phi) is 5.12. The summed E-state index contributed by atoms with van der Waals surface area (Å²) in [6.45, 7) is 6.53. The van der Waals surface area contributed by atoms with Crippen molar-refractivity contribution in [3.05, 3.63) is 40.6 Å². The summed E-state index contributed by atoms with van der Waals surface area (Å²) in [4.78, 5) is 43.7. The van der Waals surface area contributed by atoms with Gasteiger partial charge in [0.05, 0.1) is 17.5 Å². The molecule has 1 aromatic carbocycles. The van der Waals surface area contributed by atoms with Crippen LogP contribution in [0.4, 0.5) is 0 Å². The molecule has 1 fully saturated rings. The van der Waals surface area contributed by atoms with Crippen molar-refractivity contribution in [2.75, 3.05) is 20.1 Å². The zero-order chi connectivity index (χ0) is 19.7. The summed E-state index contributed by atoms with van der Waals surface area (Å²) in [5, 5.41) is 6.03. The number of aromatic nitrogens is 1. The van der Waals surface area contributed by atoms with Gasteiger partial charge >= 0.3 is 0 Å². The maximum absolute atomic E-state index is 13.4. The lowest BCUT2D eigenvalue weighted by molar-refractivity contribution is -0.132. The molecule has 0 saturated carbocycles. The summed E-state index contributed by atoms with van der Waals surface area (Å²) in [5.74, 6) is -0.836. The van der Waals surface area contributed by atoms with Gasteiger partial charge in [-0.3, -0.25) is 19.4 Å². The second-order valence-electron chi connectivity index (χ2n) is 6.97. The van der Waals surface area contributed by atoms with E-state index in [9.17, 15) is 14.4 Å². The number of aryl methyl sites for hydroxylation is 3. The van der Waals surface area contributed by atoms with E-state index in [1.54, 1.807) is 6.07 Å². The number of hydrogen-bond acceptors (Lipinski definition) is 4. The number of piperazine rings is 1. The normalized spacial score (nSPS) is 17.0. The molecule has 7 heteroatoms. The number of nitrogens with zero attached hydrogens (tertiary/aromatic N) is 2. The van der Waals surface area contributed by atoms with E-state index in [0.29, 0.717) is 18.7 Å². The van der Waals surface area contributed by atoms with E-state index in [0.717, 1.165) is 27.7 Å². The summed E-state index contributed by atoms with van der Waals surface area (Å²) >= 11 is 0. The number of amides is 3. The van der Waals surface area contributed by atoms with Crippen LogP contribution in [0.1, 0.15) is 33.6 Å². The summed E-state index contributed by atoms with van der Waals surface area (Å²) in [6.07, 6.45) is -0.0614. The van der Waals surface area contributed by atoms with Crippen LogP contribution >= 0.6 is 0 Å². The van der Waals surface area contributed by atoms with E-state index in [2.05, 4.69) is 15.6 Å². The van der Waals surface area contributed by atoms with Crippen molar-refractivity contribution < 1.29 is 14.4 Å². The van der Waals surface area contributed by atoms with Crippen molar-refractivity contribution in [3.8, 4) is 0 Å². The number of nitrogens with one attached hydrogen (secondary N) is 2. The van der Waals surface area contributed by atoms with Crippen LogP contribution in [0.5, 0.6) is 0 Å². The second-order valence-corrected chi connectivity index (χ2v) is 6.97. The first-order chi connectivity index (χ1) is 12.8. The van der Waals surface area contributed by atoms with Crippen LogP contribution in [0.2, 0.25) is 0 Å². The van der Waals surface area contributed by atoms with Crippen LogP contribution < -0.4 is 10.6 Å². The van der Waals surface area contributed by atoms with Crippen molar-refractivity contribution in [1.82, 2.24) is 20.5 Å². The molecule has 1 saturated heterocycles. The predicted octanol–water partition coefficient (Wildman–Crippen LogP) is 1.24. The van der Waals surface area contributed by atoms with E-state index in [1.165, 1.54) is 11.9 Å². The van der Waals surface area contributed by atoms with E-state index in [-0.39, 0.29) is 24.1 Å². The molecule has 1 aliphatic rings. The molecule has 27 heavy (non-hydrogen) atoms. The quantitative estimate of drug-likeness (QED) is 0.853. The third-order valence-corrected chi connectivity index (χ3v) is 4.86. The Labute approximate surface area is 158 Å². The van der Waals surface area contributed by atoms with Crippen LogP contribution in [0.25, 0.3) is 10.9 Å². The average molecular weight is 368 g/mol. The minimum absolute atomic E-state index is 0.0614. The zero-order valence-electron chi connectivity index (χ0n) is 16.0. The molecule has 0 radical (unpaired) electrons. The Balaban J connectivity index is 2.08. The Hall–Kier alpha value is -2.96. The molecule has 2 heterocycles. The molecule has 1 aliphatic heterocycles. The van der Waals surface area contributed by atoms with Gasteiger partial charge in [-0.05, 0) is 38.5 Å². The number of pyridine rings is 1. The number of carbonyl (C=O) groups is 3. The van der Waals surface area contributed by atoms with Crippen molar-refractivity contribution in [3.63, 3.8) is 0 Å². The smallest absolute Gasteiger partial charge is 0.255 e. The number of benzene rings is 1. The number of hydrogen-bond donors (Lipinski definition) is 2. The molecule has 0 spiro atoms. The van der Waals surface area contributed by atoms with Crippen molar-refractivity contribution in [1.29, 1.82) is 0 Å². The molecule has 0 unspecified atom stereocenters. The highest BCUT2D eigenvalue weighted by atomic mass is 16.2. The average Bonchev–Trinajstić information content (AvgIpc) is 2.62. The SMILES string of the molecule is CNC(=O)C[C@@H]1C(=O)NCCN1C(=O)c1cc(C)nc2c(C)cc(C)cc12. The summed E-state index contributed by atoms with van der Waals surface area (Å²) in [7, 11) is 1.51. The summed E-state index contributed by atoms with van der Waals surface area (Å²) in [6, 6.07) is 4.92. The Morgan fingerprint density at radius 2 is 2.00 bits per heavy atom. The molecule has 2 N–H and O–H groups in total. The fourth-order valence-electron chi connectivity index (χ4n) is 3.58. The Morgan fingerprint density at radius 1 is 1.26 bits per heavy atom. The molecule has 0 bridgehead atoms. The van der Waals surface area contributed by atoms with E-state index >= 15 is 0 Å². The Morgan fingerprint density at radius 3 is 2.70 bits per heavy atom. The maximum Gasteiger partial charge on any atom is 0.255 e. The topological polar surface area (TPSA) is 91.4 Å².